The average Bonchev–Trinajstić information content (AvgIpc) is 3.27. The lowest BCUT2D eigenvalue weighted by Crippen LogP contribution is -2.48. The van der Waals surface area contributed by atoms with Gasteiger partial charge in [0.1, 0.15) is 11.6 Å². The van der Waals surface area contributed by atoms with Gasteiger partial charge in [-0.15, -0.1) is 0 Å². The Balaban J connectivity index is 1.34. The molecule has 1 N–H and O–H groups in total. The number of aromatic nitrogens is 1. The fourth-order valence-electron chi connectivity index (χ4n) is 4.11. The summed E-state index contributed by atoms with van der Waals surface area (Å²) in [5, 5.41) is 3.47. The predicted octanol–water partition coefficient (Wildman–Crippen LogP) is 3.41. The number of methoxy groups -OCH3 is 1. The zero-order valence-electron chi connectivity index (χ0n) is 16.4. The summed E-state index contributed by atoms with van der Waals surface area (Å²) in [6.07, 6.45) is 6.69. The van der Waals surface area contributed by atoms with Gasteiger partial charge in [-0.05, 0) is 37.1 Å². The maximum absolute atomic E-state index is 12.8. The van der Waals surface area contributed by atoms with Crippen LogP contribution in [0.15, 0.2) is 42.6 Å². The summed E-state index contributed by atoms with van der Waals surface area (Å²) in [5.74, 6) is 1.79. The Morgan fingerprint density at radius 2 is 1.82 bits per heavy atom. The van der Waals surface area contributed by atoms with Crippen LogP contribution in [0.2, 0.25) is 0 Å². The summed E-state index contributed by atoms with van der Waals surface area (Å²) in [4.78, 5) is 21.5. The van der Waals surface area contributed by atoms with Gasteiger partial charge in [-0.1, -0.05) is 25.0 Å². The molecule has 0 spiro atoms. The Kier molecular flexibility index (Phi) is 5.65. The van der Waals surface area contributed by atoms with Crippen molar-refractivity contribution in [1.29, 1.82) is 0 Å². The summed E-state index contributed by atoms with van der Waals surface area (Å²) >= 11 is 0. The molecule has 1 aromatic carbocycles. The van der Waals surface area contributed by atoms with E-state index >= 15 is 0 Å². The molecule has 2 aliphatic rings. The summed E-state index contributed by atoms with van der Waals surface area (Å²) in [5.41, 5.74) is 1.74. The van der Waals surface area contributed by atoms with Gasteiger partial charge >= 0.3 is 0 Å². The van der Waals surface area contributed by atoms with Crippen LogP contribution in [0.25, 0.3) is 0 Å². The molecule has 0 atom stereocenters. The van der Waals surface area contributed by atoms with Crippen molar-refractivity contribution in [1.82, 2.24) is 9.88 Å². The first-order valence-corrected chi connectivity index (χ1v) is 10.1. The molecule has 2 heterocycles. The van der Waals surface area contributed by atoms with E-state index in [0.717, 1.165) is 30.3 Å². The van der Waals surface area contributed by atoms with Crippen molar-refractivity contribution in [3.63, 3.8) is 0 Å². The Labute approximate surface area is 166 Å². The maximum atomic E-state index is 12.8. The molecule has 148 valence electrons. The third kappa shape index (κ3) is 4.06. The molecule has 1 amide bonds. The van der Waals surface area contributed by atoms with Crippen molar-refractivity contribution in [2.24, 2.45) is 0 Å². The second kappa shape index (κ2) is 8.50. The van der Waals surface area contributed by atoms with Crippen LogP contribution in [-0.2, 0) is 0 Å². The van der Waals surface area contributed by atoms with E-state index in [1.807, 2.05) is 35.2 Å². The summed E-state index contributed by atoms with van der Waals surface area (Å²) in [6.45, 7) is 2.97. The Morgan fingerprint density at radius 1 is 1.07 bits per heavy atom. The van der Waals surface area contributed by atoms with Gasteiger partial charge in [-0.25, -0.2) is 4.98 Å². The lowest BCUT2D eigenvalue weighted by molar-refractivity contribution is 0.0746. The highest BCUT2D eigenvalue weighted by molar-refractivity contribution is 5.94. The molecule has 1 aliphatic heterocycles. The molecule has 1 aromatic heterocycles. The number of nitrogens with one attached hydrogen (secondary N) is 1. The number of hydrogen-bond donors (Lipinski definition) is 1. The van der Waals surface area contributed by atoms with Gasteiger partial charge in [0.2, 0.25) is 0 Å². The monoisotopic (exact) mass is 380 g/mol. The highest BCUT2D eigenvalue weighted by Crippen LogP contribution is 2.28. The van der Waals surface area contributed by atoms with Gasteiger partial charge < -0.3 is 19.9 Å². The molecule has 0 unspecified atom stereocenters. The number of carbonyl (C=O) groups excluding carboxylic acids is 1. The van der Waals surface area contributed by atoms with E-state index < -0.39 is 0 Å². The zero-order chi connectivity index (χ0) is 19.3. The van der Waals surface area contributed by atoms with Gasteiger partial charge in [0.15, 0.2) is 0 Å². The molecule has 2 fully saturated rings. The van der Waals surface area contributed by atoms with Crippen molar-refractivity contribution in [2.75, 3.05) is 43.5 Å². The largest absolute Gasteiger partial charge is 0.495 e. The van der Waals surface area contributed by atoms with Crippen molar-refractivity contribution >= 4 is 17.4 Å². The first kappa shape index (κ1) is 18.6. The van der Waals surface area contributed by atoms with Gasteiger partial charge in [0, 0.05) is 38.4 Å². The number of para-hydroxylation sites is 2. The molecule has 4 rings (SSSR count). The molecule has 2 aromatic rings. The topological polar surface area (TPSA) is 57.7 Å². The number of piperazine rings is 1. The quantitative estimate of drug-likeness (QED) is 0.861. The number of amides is 1. The van der Waals surface area contributed by atoms with Gasteiger partial charge in [0.05, 0.1) is 18.4 Å². The van der Waals surface area contributed by atoms with E-state index in [1.165, 1.54) is 25.7 Å². The molecule has 6 nitrogen and oxygen atoms in total. The second-order valence-corrected chi connectivity index (χ2v) is 7.51. The van der Waals surface area contributed by atoms with Crippen molar-refractivity contribution < 1.29 is 9.53 Å². The minimum absolute atomic E-state index is 0.0552. The van der Waals surface area contributed by atoms with Crippen LogP contribution in [0.1, 0.15) is 36.0 Å². The standard InChI is InChI=1S/C22H28N4O2/c1-28-20-9-5-4-8-19(20)25-12-14-26(15-13-25)22(27)17-10-11-21(23-16-17)24-18-6-2-3-7-18/h4-5,8-11,16,18H,2-3,6-7,12-15H2,1H3,(H,23,24). The average molecular weight is 380 g/mol. The number of ether oxygens (including phenoxy) is 1. The molecular weight excluding hydrogens is 352 g/mol. The fraction of sp³-hybridized carbons (Fsp3) is 0.455. The molecule has 28 heavy (non-hydrogen) atoms. The maximum Gasteiger partial charge on any atom is 0.255 e. The number of hydrogen-bond acceptors (Lipinski definition) is 5. The SMILES string of the molecule is COc1ccccc1N1CCN(C(=O)c2ccc(NC3CCCC3)nc2)CC1. The molecule has 1 saturated carbocycles. The zero-order valence-corrected chi connectivity index (χ0v) is 16.4. The van der Waals surface area contributed by atoms with Crippen molar-refractivity contribution in [2.45, 2.75) is 31.7 Å². The predicted molar refractivity (Wildman–Crippen MR) is 111 cm³/mol. The normalized spacial score (nSPS) is 17.6. The lowest BCUT2D eigenvalue weighted by Gasteiger charge is -2.36. The summed E-state index contributed by atoms with van der Waals surface area (Å²) in [6, 6.07) is 12.4. The van der Waals surface area contributed by atoms with Crippen LogP contribution >= 0.6 is 0 Å². The van der Waals surface area contributed by atoms with Crippen LogP contribution in [0, 0.1) is 0 Å². The smallest absolute Gasteiger partial charge is 0.255 e. The number of pyridine rings is 1. The first-order valence-electron chi connectivity index (χ1n) is 10.1. The van der Waals surface area contributed by atoms with E-state index in [1.54, 1.807) is 13.3 Å². The summed E-state index contributed by atoms with van der Waals surface area (Å²) in [7, 11) is 1.69. The third-order valence-corrected chi connectivity index (χ3v) is 5.71. The van der Waals surface area contributed by atoms with Gasteiger partial charge in [-0.3, -0.25) is 4.79 Å². The van der Waals surface area contributed by atoms with Gasteiger partial charge in [-0.2, -0.15) is 0 Å². The summed E-state index contributed by atoms with van der Waals surface area (Å²) < 4.78 is 5.46. The number of rotatable bonds is 5. The Bertz CT molecular complexity index is 794. The van der Waals surface area contributed by atoms with Crippen LogP contribution < -0.4 is 15.0 Å². The first-order chi connectivity index (χ1) is 13.7. The second-order valence-electron chi connectivity index (χ2n) is 7.51. The van der Waals surface area contributed by atoms with Gasteiger partial charge in [0.25, 0.3) is 5.91 Å². The lowest BCUT2D eigenvalue weighted by atomic mass is 10.2. The van der Waals surface area contributed by atoms with Crippen molar-refractivity contribution in [3.8, 4) is 5.75 Å². The molecule has 1 saturated heterocycles. The van der Waals surface area contributed by atoms with Crippen LogP contribution in [0.4, 0.5) is 11.5 Å². The minimum atomic E-state index is 0.0552. The van der Waals surface area contributed by atoms with Crippen LogP contribution in [-0.4, -0.2) is 55.1 Å². The van der Waals surface area contributed by atoms with E-state index in [-0.39, 0.29) is 5.91 Å². The van der Waals surface area contributed by atoms with E-state index in [4.69, 9.17) is 4.74 Å². The number of carbonyl (C=O) groups is 1. The van der Waals surface area contributed by atoms with Crippen molar-refractivity contribution in [3.05, 3.63) is 48.2 Å². The minimum Gasteiger partial charge on any atom is -0.495 e. The van der Waals surface area contributed by atoms with E-state index in [9.17, 15) is 4.79 Å². The van der Waals surface area contributed by atoms with E-state index in [2.05, 4.69) is 21.3 Å². The number of nitrogens with zero attached hydrogens (tertiary/aromatic N) is 3. The Morgan fingerprint density at radius 3 is 2.50 bits per heavy atom. The molecule has 1 aliphatic carbocycles. The highest BCUT2D eigenvalue weighted by atomic mass is 16.5. The Hall–Kier alpha value is -2.76. The highest BCUT2D eigenvalue weighted by Gasteiger charge is 2.24. The fourth-order valence-corrected chi connectivity index (χ4v) is 4.11. The number of anilines is 2. The third-order valence-electron chi connectivity index (χ3n) is 5.71. The molecular formula is C22H28N4O2. The number of benzene rings is 1. The van der Waals surface area contributed by atoms with Crippen LogP contribution in [0.3, 0.4) is 0 Å². The molecule has 0 bridgehead atoms. The van der Waals surface area contributed by atoms with E-state index in [0.29, 0.717) is 24.7 Å². The molecule has 6 heteroatoms. The molecule has 0 radical (unpaired) electrons. The van der Waals surface area contributed by atoms with Crippen LogP contribution in [0.5, 0.6) is 5.75 Å².